The third-order valence-electron chi connectivity index (χ3n) is 7.05. The Balaban J connectivity index is 1.44. The molecule has 1 amide bonds. The second-order valence-electron chi connectivity index (χ2n) is 9.63. The van der Waals surface area contributed by atoms with E-state index in [4.69, 9.17) is 9.47 Å². The summed E-state index contributed by atoms with van der Waals surface area (Å²) in [6.45, 7) is 7.22. The van der Waals surface area contributed by atoms with Gasteiger partial charge in [0.25, 0.3) is 5.91 Å². The van der Waals surface area contributed by atoms with Crippen LogP contribution in [0.15, 0.2) is 59.5 Å². The summed E-state index contributed by atoms with van der Waals surface area (Å²) in [5.41, 5.74) is 1.38. The van der Waals surface area contributed by atoms with E-state index in [1.54, 1.807) is 26.0 Å². The average molecular weight is 486 g/mol. The van der Waals surface area contributed by atoms with Crippen molar-refractivity contribution in [1.29, 1.82) is 0 Å². The van der Waals surface area contributed by atoms with E-state index in [0.29, 0.717) is 25.3 Å². The first-order chi connectivity index (χ1) is 16.2. The topological polar surface area (TPSA) is 72.9 Å². The molecule has 2 atom stereocenters. The van der Waals surface area contributed by atoms with E-state index in [2.05, 4.69) is 12.1 Å². The highest BCUT2D eigenvalue weighted by atomic mass is 32.2. The van der Waals surface area contributed by atoms with E-state index in [-0.39, 0.29) is 28.6 Å². The Kier molecular flexibility index (Phi) is 7.45. The molecular weight excluding hydrogens is 450 g/mol. The molecule has 0 N–H and O–H groups in total. The van der Waals surface area contributed by atoms with Crippen molar-refractivity contribution in [2.45, 2.75) is 74.4 Å². The molecule has 34 heavy (non-hydrogen) atoms. The Bertz CT molecular complexity index is 1070. The lowest BCUT2D eigenvalue weighted by molar-refractivity contribution is -0.190. The van der Waals surface area contributed by atoms with Crippen molar-refractivity contribution in [1.82, 2.24) is 4.90 Å². The van der Waals surface area contributed by atoms with Crippen molar-refractivity contribution in [3.63, 3.8) is 0 Å². The van der Waals surface area contributed by atoms with Crippen molar-refractivity contribution in [3.05, 3.63) is 65.7 Å². The summed E-state index contributed by atoms with van der Waals surface area (Å²) >= 11 is 0. The molecule has 2 fully saturated rings. The number of piperidine rings is 1. The highest BCUT2D eigenvalue weighted by molar-refractivity contribution is 7.92. The molecule has 0 aliphatic carbocycles. The normalized spacial score (nSPS) is 22.8. The monoisotopic (exact) mass is 485 g/mol. The van der Waals surface area contributed by atoms with Crippen LogP contribution >= 0.6 is 0 Å². The van der Waals surface area contributed by atoms with Crippen LogP contribution in [0.3, 0.4) is 0 Å². The maximum atomic E-state index is 13.1. The zero-order valence-electron chi connectivity index (χ0n) is 20.3. The highest BCUT2D eigenvalue weighted by Crippen LogP contribution is 2.44. The van der Waals surface area contributed by atoms with E-state index >= 15 is 0 Å². The molecule has 2 heterocycles. The Labute approximate surface area is 203 Å². The molecule has 2 aliphatic heterocycles. The molecule has 2 unspecified atom stereocenters. The highest BCUT2D eigenvalue weighted by Gasteiger charge is 2.45. The number of sulfone groups is 1. The van der Waals surface area contributed by atoms with Gasteiger partial charge in [0.2, 0.25) is 0 Å². The summed E-state index contributed by atoms with van der Waals surface area (Å²) in [5.74, 6) is -0.0693. The van der Waals surface area contributed by atoms with Gasteiger partial charge in [0.1, 0.15) is 0 Å². The van der Waals surface area contributed by atoms with Gasteiger partial charge in [0.15, 0.2) is 9.84 Å². The van der Waals surface area contributed by atoms with Crippen molar-refractivity contribution < 1.29 is 22.7 Å². The van der Waals surface area contributed by atoms with Crippen molar-refractivity contribution >= 4 is 15.7 Å². The van der Waals surface area contributed by atoms with Gasteiger partial charge in [-0.15, -0.1) is 0 Å². The number of rotatable bonds is 6. The molecule has 0 saturated carbocycles. The van der Waals surface area contributed by atoms with Crippen molar-refractivity contribution in [3.8, 4) is 0 Å². The number of benzene rings is 2. The zero-order chi connectivity index (χ0) is 24.3. The van der Waals surface area contributed by atoms with Gasteiger partial charge in [-0.05, 0) is 63.4 Å². The summed E-state index contributed by atoms with van der Waals surface area (Å²) in [6.07, 6.45) is 3.32. The number of amides is 1. The van der Waals surface area contributed by atoms with E-state index in [9.17, 15) is 13.2 Å². The quantitative estimate of drug-likeness (QED) is 0.588. The second-order valence-corrected chi connectivity index (χ2v) is 12.1. The summed E-state index contributed by atoms with van der Waals surface area (Å²) in [4.78, 5) is 15.2. The number of hydrogen-bond acceptors (Lipinski definition) is 5. The van der Waals surface area contributed by atoms with E-state index in [1.165, 1.54) is 17.7 Å². The van der Waals surface area contributed by atoms with Crippen LogP contribution in [0.5, 0.6) is 0 Å². The van der Waals surface area contributed by atoms with Gasteiger partial charge in [0.05, 0.1) is 28.0 Å². The van der Waals surface area contributed by atoms with E-state index < -0.39 is 15.1 Å². The fraction of sp³-hybridized carbons (Fsp3) is 0.519. The lowest BCUT2D eigenvalue weighted by Gasteiger charge is -2.48. The van der Waals surface area contributed by atoms with Crippen molar-refractivity contribution in [2.24, 2.45) is 0 Å². The minimum Gasteiger partial charge on any atom is -0.378 e. The van der Waals surface area contributed by atoms with Crippen LogP contribution in [-0.4, -0.2) is 55.9 Å². The Morgan fingerprint density at radius 1 is 1.09 bits per heavy atom. The minimum atomic E-state index is -3.35. The molecule has 1 spiro atoms. The molecule has 4 rings (SSSR count). The SMILES string of the molecule is CCOC1CC(c2ccccc2)OC2(CCN(C(=O)c3ccc(S(=O)(=O)C(C)C)cc3)CC2)C1. The summed E-state index contributed by atoms with van der Waals surface area (Å²) < 4.78 is 37.5. The second kappa shape index (κ2) is 10.2. The van der Waals surface area contributed by atoms with Gasteiger partial charge in [-0.25, -0.2) is 8.42 Å². The maximum Gasteiger partial charge on any atom is 0.253 e. The molecule has 2 aliphatic rings. The molecule has 2 aromatic rings. The molecule has 184 valence electrons. The Hall–Kier alpha value is -2.22. The average Bonchev–Trinajstić information content (AvgIpc) is 2.84. The van der Waals surface area contributed by atoms with Gasteiger partial charge >= 0.3 is 0 Å². The number of likely N-dealkylation sites (tertiary alicyclic amines) is 1. The number of nitrogens with zero attached hydrogens (tertiary/aromatic N) is 1. The number of ether oxygens (including phenoxy) is 2. The van der Waals surface area contributed by atoms with Gasteiger partial charge in [-0.2, -0.15) is 0 Å². The van der Waals surface area contributed by atoms with Crippen LogP contribution in [-0.2, 0) is 19.3 Å². The number of carbonyl (C=O) groups excluding carboxylic acids is 1. The maximum absolute atomic E-state index is 13.1. The number of hydrogen-bond donors (Lipinski definition) is 0. The van der Waals surface area contributed by atoms with Crippen LogP contribution < -0.4 is 0 Å². The molecular formula is C27H35NO5S. The summed E-state index contributed by atoms with van der Waals surface area (Å²) in [6, 6.07) is 16.6. The first-order valence-electron chi connectivity index (χ1n) is 12.2. The predicted molar refractivity (Wildman–Crippen MR) is 132 cm³/mol. The molecule has 2 aromatic carbocycles. The molecule has 6 nitrogen and oxygen atoms in total. The first kappa shape index (κ1) is 24.9. The molecule has 0 bridgehead atoms. The third kappa shape index (κ3) is 5.21. The van der Waals surface area contributed by atoms with Gasteiger partial charge in [-0.1, -0.05) is 30.3 Å². The van der Waals surface area contributed by atoms with Gasteiger partial charge in [0, 0.05) is 38.1 Å². The largest absolute Gasteiger partial charge is 0.378 e. The summed E-state index contributed by atoms with van der Waals surface area (Å²) in [5, 5.41) is -0.497. The lowest BCUT2D eigenvalue weighted by Crippen LogP contribution is -2.52. The van der Waals surface area contributed by atoms with Crippen LogP contribution in [0.1, 0.15) is 68.5 Å². The Morgan fingerprint density at radius 2 is 1.74 bits per heavy atom. The first-order valence-corrected chi connectivity index (χ1v) is 13.8. The zero-order valence-corrected chi connectivity index (χ0v) is 21.1. The number of carbonyl (C=O) groups is 1. The standard InChI is InChI=1S/C27H35NO5S/c1-4-32-23-18-25(21-8-6-5-7-9-21)33-27(19-23)14-16-28(17-15-27)26(29)22-10-12-24(13-11-22)34(30,31)20(2)3/h5-13,20,23,25H,4,14-19H2,1-3H3. The summed E-state index contributed by atoms with van der Waals surface area (Å²) in [7, 11) is -3.35. The molecule has 7 heteroatoms. The predicted octanol–water partition coefficient (Wildman–Crippen LogP) is 4.80. The molecule has 0 aromatic heterocycles. The minimum absolute atomic E-state index is 0.01000. The van der Waals surface area contributed by atoms with Crippen LogP contribution in [0.4, 0.5) is 0 Å². The lowest BCUT2D eigenvalue weighted by atomic mass is 9.80. The van der Waals surface area contributed by atoms with Crippen LogP contribution in [0.2, 0.25) is 0 Å². The van der Waals surface area contributed by atoms with Gasteiger partial charge in [-0.3, -0.25) is 4.79 Å². The molecule has 2 saturated heterocycles. The van der Waals surface area contributed by atoms with E-state index in [0.717, 1.165) is 25.7 Å². The van der Waals surface area contributed by atoms with Gasteiger partial charge < -0.3 is 14.4 Å². The molecule has 0 radical (unpaired) electrons. The van der Waals surface area contributed by atoms with Crippen LogP contribution in [0, 0.1) is 0 Å². The van der Waals surface area contributed by atoms with Crippen molar-refractivity contribution in [2.75, 3.05) is 19.7 Å². The smallest absolute Gasteiger partial charge is 0.253 e. The van der Waals surface area contributed by atoms with Crippen LogP contribution in [0.25, 0.3) is 0 Å². The fourth-order valence-electron chi connectivity index (χ4n) is 5.05. The Morgan fingerprint density at radius 3 is 2.32 bits per heavy atom. The third-order valence-corrected chi connectivity index (χ3v) is 9.23. The van der Waals surface area contributed by atoms with E-state index in [1.807, 2.05) is 30.0 Å². The fourth-order valence-corrected chi connectivity index (χ4v) is 6.11.